The number of ether oxygens (including phenoxy) is 1. The summed E-state index contributed by atoms with van der Waals surface area (Å²) in [5.74, 6) is 1.37. The number of nitrogens with zero attached hydrogens (tertiary/aromatic N) is 2. The Balaban J connectivity index is 0.00000338. The van der Waals surface area contributed by atoms with Gasteiger partial charge < -0.3 is 20.7 Å². The van der Waals surface area contributed by atoms with Crippen LogP contribution in [0.15, 0.2) is 59.6 Å². The minimum absolute atomic E-state index is 0. The van der Waals surface area contributed by atoms with E-state index in [0.29, 0.717) is 12.5 Å². The molecule has 0 aromatic heterocycles. The molecule has 6 heteroatoms. The average molecular weight is 468 g/mol. The number of hydrogen-bond donors (Lipinski definition) is 2. The number of hydrogen-bond acceptors (Lipinski definition) is 3. The first-order valence-corrected chi connectivity index (χ1v) is 8.56. The Morgan fingerprint density at radius 3 is 2.42 bits per heavy atom. The van der Waals surface area contributed by atoms with Crippen LogP contribution < -0.4 is 15.8 Å². The Labute approximate surface area is 173 Å². The predicted octanol–water partition coefficient (Wildman–Crippen LogP) is 2.89. The molecule has 2 rings (SSSR count). The van der Waals surface area contributed by atoms with E-state index in [0.717, 1.165) is 31.8 Å². The molecule has 5 nitrogen and oxygen atoms in total. The van der Waals surface area contributed by atoms with E-state index in [2.05, 4.69) is 58.7 Å². The Bertz CT molecular complexity index is 647. The van der Waals surface area contributed by atoms with E-state index >= 15 is 0 Å². The SMILES string of the molecule is COc1ccc(CCNC(N)=NCCN(C)Cc2ccccc2)cc1.I. The predicted molar refractivity (Wildman–Crippen MR) is 119 cm³/mol. The maximum Gasteiger partial charge on any atom is 0.188 e. The van der Waals surface area contributed by atoms with Gasteiger partial charge in [0.2, 0.25) is 0 Å². The van der Waals surface area contributed by atoms with Crippen molar-refractivity contribution in [2.75, 3.05) is 33.8 Å². The highest BCUT2D eigenvalue weighted by atomic mass is 127. The van der Waals surface area contributed by atoms with Crippen LogP contribution in [-0.2, 0) is 13.0 Å². The van der Waals surface area contributed by atoms with Gasteiger partial charge >= 0.3 is 0 Å². The van der Waals surface area contributed by atoms with Crippen LogP contribution in [0.5, 0.6) is 5.75 Å². The summed E-state index contributed by atoms with van der Waals surface area (Å²) in [6.07, 6.45) is 0.897. The van der Waals surface area contributed by atoms with Crippen molar-refractivity contribution in [3.05, 3.63) is 65.7 Å². The van der Waals surface area contributed by atoms with Crippen LogP contribution in [0, 0.1) is 0 Å². The zero-order valence-electron chi connectivity index (χ0n) is 15.5. The second-order valence-electron chi connectivity index (χ2n) is 6.02. The van der Waals surface area contributed by atoms with Gasteiger partial charge in [-0.15, -0.1) is 24.0 Å². The molecule has 0 fully saturated rings. The third-order valence-corrected chi connectivity index (χ3v) is 3.94. The number of rotatable bonds is 9. The lowest BCUT2D eigenvalue weighted by atomic mass is 10.1. The first-order valence-electron chi connectivity index (χ1n) is 8.56. The number of nitrogens with two attached hydrogens (primary N) is 1. The molecule has 0 spiro atoms. The topological polar surface area (TPSA) is 62.9 Å². The van der Waals surface area contributed by atoms with Crippen molar-refractivity contribution in [1.29, 1.82) is 0 Å². The fourth-order valence-corrected chi connectivity index (χ4v) is 2.50. The van der Waals surface area contributed by atoms with Crippen molar-refractivity contribution in [2.45, 2.75) is 13.0 Å². The number of aliphatic imine (C=N–C) groups is 1. The van der Waals surface area contributed by atoms with E-state index in [4.69, 9.17) is 10.5 Å². The fraction of sp³-hybridized carbons (Fsp3) is 0.350. The lowest BCUT2D eigenvalue weighted by Gasteiger charge is -2.15. The molecule has 0 amide bonds. The first kappa shape index (κ1) is 22.2. The molecule has 0 aliphatic heterocycles. The van der Waals surface area contributed by atoms with Gasteiger partial charge in [0.15, 0.2) is 5.96 Å². The van der Waals surface area contributed by atoms with Crippen LogP contribution in [0.2, 0.25) is 0 Å². The molecule has 142 valence electrons. The molecule has 0 saturated heterocycles. The van der Waals surface area contributed by atoms with Gasteiger partial charge in [0.25, 0.3) is 0 Å². The van der Waals surface area contributed by atoms with Crippen LogP contribution in [-0.4, -0.2) is 44.7 Å². The van der Waals surface area contributed by atoms with E-state index in [1.165, 1.54) is 11.1 Å². The standard InChI is InChI=1S/C20H28N4O.HI/c1-24(16-18-6-4-3-5-7-18)15-14-23-20(21)22-13-12-17-8-10-19(25-2)11-9-17;/h3-11H,12-16H2,1-2H3,(H3,21,22,23);1H. The molecule has 0 heterocycles. The van der Waals surface area contributed by atoms with Gasteiger partial charge in [-0.05, 0) is 36.7 Å². The van der Waals surface area contributed by atoms with Gasteiger partial charge in [-0.1, -0.05) is 42.5 Å². The first-order chi connectivity index (χ1) is 12.2. The molecule has 0 unspecified atom stereocenters. The Morgan fingerprint density at radius 1 is 1.08 bits per heavy atom. The zero-order chi connectivity index (χ0) is 17.9. The third kappa shape index (κ3) is 8.53. The van der Waals surface area contributed by atoms with Gasteiger partial charge in [-0.25, -0.2) is 0 Å². The van der Waals surface area contributed by atoms with Crippen LogP contribution in [0.1, 0.15) is 11.1 Å². The second kappa shape index (κ2) is 12.5. The summed E-state index contributed by atoms with van der Waals surface area (Å²) in [5.41, 5.74) is 8.47. The Kier molecular flexibility index (Phi) is 10.7. The Hall–Kier alpha value is -1.80. The molecule has 2 aromatic rings. The summed E-state index contributed by atoms with van der Waals surface area (Å²) in [6, 6.07) is 18.5. The number of halogens is 1. The average Bonchev–Trinajstić information content (AvgIpc) is 2.63. The van der Waals surface area contributed by atoms with E-state index in [9.17, 15) is 0 Å². The summed E-state index contributed by atoms with van der Waals surface area (Å²) >= 11 is 0. The van der Waals surface area contributed by atoms with Crippen molar-refractivity contribution in [3.8, 4) is 5.75 Å². The van der Waals surface area contributed by atoms with Gasteiger partial charge in [0, 0.05) is 19.6 Å². The lowest BCUT2D eigenvalue weighted by molar-refractivity contribution is 0.336. The fourth-order valence-electron chi connectivity index (χ4n) is 2.50. The summed E-state index contributed by atoms with van der Waals surface area (Å²) in [5, 5.41) is 3.16. The third-order valence-electron chi connectivity index (χ3n) is 3.94. The smallest absolute Gasteiger partial charge is 0.188 e. The van der Waals surface area contributed by atoms with Crippen molar-refractivity contribution >= 4 is 29.9 Å². The molecular weight excluding hydrogens is 439 g/mol. The van der Waals surface area contributed by atoms with E-state index in [1.54, 1.807) is 7.11 Å². The largest absolute Gasteiger partial charge is 0.497 e. The number of nitrogens with one attached hydrogen (secondary N) is 1. The summed E-state index contributed by atoms with van der Waals surface area (Å²) < 4.78 is 5.15. The van der Waals surface area contributed by atoms with E-state index < -0.39 is 0 Å². The molecule has 2 aromatic carbocycles. The lowest BCUT2D eigenvalue weighted by Crippen LogP contribution is -2.34. The molecule has 0 saturated carbocycles. The van der Waals surface area contributed by atoms with Crippen molar-refractivity contribution in [1.82, 2.24) is 10.2 Å². The molecule has 0 aliphatic carbocycles. The molecule has 0 aliphatic rings. The minimum Gasteiger partial charge on any atom is -0.497 e. The van der Waals surface area contributed by atoms with Gasteiger partial charge in [0.05, 0.1) is 13.7 Å². The second-order valence-corrected chi connectivity index (χ2v) is 6.02. The van der Waals surface area contributed by atoms with Crippen LogP contribution in [0.3, 0.4) is 0 Å². The van der Waals surface area contributed by atoms with Gasteiger partial charge in [0.1, 0.15) is 5.75 Å². The summed E-state index contributed by atoms with van der Waals surface area (Å²) in [7, 11) is 3.76. The van der Waals surface area contributed by atoms with E-state index in [-0.39, 0.29) is 24.0 Å². The number of benzene rings is 2. The minimum atomic E-state index is 0. The Morgan fingerprint density at radius 2 is 1.77 bits per heavy atom. The van der Waals surface area contributed by atoms with Gasteiger partial charge in [-0.2, -0.15) is 0 Å². The number of guanidine groups is 1. The molecular formula is C20H29IN4O. The van der Waals surface area contributed by atoms with Crippen molar-refractivity contribution < 1.29 is 4.74 Å². The molecule has 0 atom stereocenters. The molecule has 0 radical (unpaired) electrons. The number of methoxy groups -OCH3 is 1. The number of likely N-dealkylation sites (N-methyl/N-ethyl adjacent to an activating group) is 1. The maximum absolute atomic E-state index is 5.92. The molecule has 26 heavy (non-hydrogen) atoms. The summed E-state index contributed by atoms with van der Waals surface area (Å²) in [4.78, 5) is 6.63. The van der Waals surface area contributed by atoms with Crippen LogP contribution in [0.25, 0.3) is 0 Å². The maximum atomic E-state index is 5.92. The zero-order valence-corrected chi connectivity index (χ0v) is 17.9. The quantitative estimate of drug-likeness (QED) is 0.338. The molecule has 3 N–H and O–H groups in total. The van der Waals surface area contributed by atoms with Gasteiger partial charge in [-0.3, -0.25) is 4.99 Å². The van der Waals surface area contributed by atoms with E-state index in [1.807, 2.05) is 18.2 Å². The monoisotopic (exact) mass is 468 g/mol. The summed E-state index contributed by atoms with van der Waals surface area (Å²) in [6.45, 7) is 3.24. The molecule has 0 bridgehead atoms. The highest BCUT2D eigenvalue weighted by Crippen LogP contribution is 2.11. The van der Waals surface area contributed by atoms with Crippen molar-refractivity contribution in [2.24, 2.45) is 10.7 Å². The van der Waals surface area contributed by atoms with Crippen LogP contribution in [0.4, 0.5) is 0 Å². The van der Waals surface area contributed by atoms with Crippen molar-refractivity contribution in [3.63, 3.8) is 0 Å². The normalized spacial score (nSPS) is 11.1. The highest BCUT2D eigenvalue weighted by molar-refractivity contribution is 14.0. The highest BCUT2D eigenvalue weighted by Gasteiger charge is 2.00. The van der Waals surface area contributed by atoms with Crippen LogP contribution >= 0.6 is 24.0 Å².